The van der Waals surface area contributed by atoms with Crippen LogP contribution in [0.4, 0.5) is 0 Å². The summed E-state index contributed by atoms with van der Waals surface area (Å²) in [5.41, 5.74) is 1.39. The summed E-state index contributed by atoms with van der Waals surface area (Å²) in [6, 6.07) is 16.2. The number of hydrogen-bond donors (Lipinski definition) is 1. The van der Waals surface area contributed by atoms with Crippen molar-refractivity contribution in [2.75, 3.05) is 6.61 Å². The molecular weight excluding hydrogens is 334 g/mol. The van der Waals surface area contributed by atoms with Crippen LogP contribution in [0.15, 0.2) is 59.1 Å². The third-order valence-electron chi connectivity index (χ3n) is 2.72. The molecule has 0 aliphatic heterocycles. The molecule has 0 aliphatic rings. The van der Waals surface area contributed by atoms with Gasteiger partial charge in [0, 0.05) is 11.0 Å². The zero-order chi connectivity index (χ0) is 15.1. The fourth-order valence-electron chi connectivity index (χ4n) is 1.69. The number of benzene rings is 2. The minimum atomic E-state index is -0.506. The second-order valence-corrected chi connectivity index (χ2v) is 5.26. The smallest absolute Gasteiger partial charge is 0.338 e. The Morgan fingerprint density at radius 1 is 1.05 bits per heavy atom. The number of hydrogen-bond acceptors (Lipinski definition) is 3. The quantitative estimate of drug-likeness (QED) is 0.846. The lowest BCUT2D eigenvalue weighted by atomic mass is 10.2. The number of ether oxygens (including phenoxy) is 1. The van der Waals surface area contributed by atoms with Crippen molar-refractivity contribution < 1.29 is 14.3 Å². The minimum Gasteiger partial charge on any atom is -0.452 e. The van der Waals surface area contributed by atoms with Crippen LogP contribution in [0, 0.1) is 0 Å². The van der Waals surface area contributed by atoms with Crippen LogP contribution in [0.3, 0.4) is 0 Å². The molecule has 0 bridgehead atoms. The summed E-state index contributed by atoms with van der Waals surface area (Å²) in [5, 5.41) is 2.70. The maximum Gasteiger partial charge on any atom is 0.338 e. The van der Waals surface area contributed by atoms with Gasteiger partial charge in [0.05, 0.1) is 5.56 Å². The molecule has 0 atom stereocenters. The first-order valence-electron chi connectivity index (χ1n) is 6.38. The number of carbonyl (C=O) groups excluding carboxylic acids is 2. The summed E-state index contributed by atoms with van der Waals surface area (Å²) in [5.74, 6) is -0.840. The minimum absolute atomic E-state index is 0.290. The van der Waals surface area contributed by atoms with Gasteiger partial charge in [-0.2, -0.15) is 0 Å². The van der Waals surface area contributed by atoms with Crippen molar-refractivity contribution in [2.24, 2.45) is 0 Å². The zero-order valence-corrected chi connectivity index (χ0v) is 12.8. The normalized spacial score (nSPS) is 9.95. The van der Waals surface area contributed by atoms with Crippen LogP contribution < -0.4 is 5.32 Å². The average Bonchev–Trinajstić information content (AvgIpc) is 2.51. The Hall–Kier alpha value is -2.14. The van der Waals surface area contributed by atoms with Gasteiger partial charge in [-0.3, -0.25) is 4.79 Å². The first-order chi connectivity index (χ1) is 10.1. The predicted octanol–water partition coefficient (Wildman–Crippen LogP) is 2.92. The molecule has 21 heavy (non-hydrogen) atoms. The van der Waals surface area contributed by atoms with Crippen molar-refractivity contribution in [3.05, 3.63) is 70.2 Å². The fourth-order valence-corrected chi connectivity index (χ4v) is 2.13. The largest absolute Gasteiger partial charge is 0.452 e. The molecule has 0 saturated heterocycles. The van der Waals surface area contributed by atoms with E-state index in [-0.39, 0.29) is 12.5 Å². The molecule has 0 radical (unpaired) electrons. The van der Waals surface area contributed by atoms with Crippen LogP contribution in [0.1, 0.15) is 15.9 Å². The van der Waals surface area contributed by atoms with Gasteiger partial charge in [-0.1, -0.05) is 46.3 Å². The molecule has 1 N–H and O–H groups in total. The van der Waals surface area contributed by atoms with Gasteiger partial charge < -0.3 is 10.1 Å². The lowest BCUT2D eigenvalue weighted by Gasteiger charge is -2.07. The molecule has 0 unspecified atom stereocenters. The molecule has 0 aromatic heterocycles. The molecule has 0 spiro atoms. The maximum absolute atomic E-state index is 11.7. The molecule has 0 aliphatic carbocycles. The van der Waals surface area contributed by atoms with Crippen LogP contribution in [0.5, 0.6) is 0 Å². The van der Waals surface area contributed by atoms with Crippen molar-refractivity contribution in [3.8, 4) is 0 Å². The summed E-state index contributed by atoms with van der Waals surface area (Å²) in [7, 11) is 0. The molecule has 108 valence electrons. The van der Waals surface area contributed by atoms with Crippen molar-refractivity contribution in [3.63, 3.8) is 0 Å². The second kappa shape index (κ2) is 7.59. The average molecular weight is 348 g/mol. The highest BCUT2D eigenvalue weighted by Gasteiger charge is 2.09. The summed E-state index contributed by atoms with van der Waals surface area (Å²) < 4.78 is 5.89. The van der Waals surface area contributed by atoms with Gasteiger partial charge in [0.2, 0.25) is 0 Å². The highest BCUT2D eigenvalue weighted by atomic mass is 79.9. The topological polar surface area (TPSA) is 55.4 Å². The number of amides is 1. The Bertz CT molecular complexity index is 628. The van der Waals surface area contributed by atoms with E-state index in [1.165, 1.54) is 0 Å². The molecule has 2 rings (SSSR count). The van der Waals surface area contributed by atoms with Crippen molar-refractivity contribution in [1.29, 1.82) is 0 Å². The Labute approximate surface area is 131 Å². The van der Waals surface area contributed by atoms with E-state index in [1.54, 1.807) is 24.3 Å². The molecular formula is C16H14BrNO3. The van der Waals surface area contributed by atoms with Gasteiger partial charge in [-0.05, 0) is 29.8 Å². The Kier molecular flexibility index (Phi) is 5.51. The molecule has 0 heterocycles. The summed E-state index contributed by atoms with van der Waals surface area (Å²) >= 11 is 3.36. The van der Waals surface area contributed by atoms with Crippen LogP contribution in [-0.4, -0.2) is 18.5 Å². The highest BCUT2D eigenvalue weighted by Crippen LogP contribution is 2.11. The molecule has 2 aromatic carbocycles. The van der Waals surface area contributed by atoms with Gasteiger partial charge in [-0.25, -0.2) is 4.79 Å². The van der Waals surface area contributed by atoms with E-state index in [0.717, 1.165) is 10.0 Å². The van der Waals surface area contributed by atoms with Gasteiger partial charge in [-0.15, -0.1) is 0 Å². The Balaban J connectivity index is 1.76. The van der Waals surface area contributed by atoms with E-state index < -0.39 is 5.97 Å². The number of esters is 1. The van der Waals surface area contributed by atoms with Gasteiger partial charge in [0.25, 0.3) is 5.91 Å². The molecule has 1 amide bonds. The summed E-state index contributed by atoms with van der Waals surface area (Å²) in [6.07, 6.45) is 0. The first-order valence-corrected chi connectivity index (χ1v) is 7.18. The monoisotopic (exact) mass is 347 g/mol. The lowest BCUT2D eigenvalue weighted by Crippen LogP contribution is -2.28. The molecule has 5 heteroatoms. The van der Waals surface area contributed by atoms with E-state index in [4.69, 9.17) is 4.74 Å². The van der Waals surface area contributed by atoms with Gasteiger partial charge in [0.1, 0.15) is 0 Å². The van der Waals surface area contributed by atoms with Crippen LogP contribution >= 0.6 is 15.9 Å². The third kappa shape index (κ3) is 5.04. The second-order valence-electron chi connectivity index (χ2n) is 4.35. The molecule has 0 saturated carbocycles. The molecule has 4 nitrogen and oxygen atoms in total. The summed E-state index contributed by atoms with van der Waals surface area (Å²) in [6.45, 7) is 0.100. The number of carbonyl (C=O) groups is 2. The zero-order valence-electron chi connectivity index (χ0n) is 11.2. The standard InChI is InChI=1S/C16H14BrNO3/c17-14-8-4-5-12(9-14)10-18-15(19)11-21-16(20)13-6-2-1-3-7-13/h1-9H,10-11H2,(H,18,19). The van der Waals surface area contributed by atoms with E-state index in [0.29, 0.717) is 12.1 Å². The summed E-state index contributed by atoms with van der Waals surface area (Å²) in [4.78, 5) is 23.3. The third-order valence-corrected chi connectivity index (χ3v) is 3.22. The van der Waals surface area contributed by atoms with E-state index in [1.807, 2.05) is 30.3 Å². The first kappa shape index (κ1) is 15.3. The van der Waals surface area contributed by atoms with E-state index in [9.17, 15) is 9.59 Å². The number of halogens is 1. The highest BCUT2D eigenvalue weighted by molar-refractivity contribution is 9.10. The van der Waals surface area contributed by atoms with Gasteiger partial charge >= 0.3 is 5.97 Å². The van der Waals surface area contributed by atoms with Crippen LogP contribution in [0.25, 0.3) is 0 Å². The van der Waals surface area contributed by atoms with E-state index >= 15 is 0 Å². The molecule has 2 aromatic rings. The van der Waals surface area contributed by atoms with Crippen LogP contribution in [-0.2, 0) is 16.1 Å². The molecule has 0 fully saturated rings. The number of rotatable bonds is 5. The predicted molar refractivity (Wildman–Crippen MR) is 82.7 cm³/mol. The van der Waals surface area contributed by atoms with Crippen molar-refractivity contribution in [2.45, 2.75) is 6.54 Å². The Morgan fingerprint density at radius 2 is 1.81 bits per heavy atom. The Morgan fingerprint density at radius 3 is 2.52 bits per heavy atom. The fraction of sp³-hybridized carbons (Fsp3) is 0.125. The van der Waals surface area contributed by atoms with Gasteiger partial charge in [0.15, 0.2) is 6.61 Å². The van der Waals surface area contributed by atoms with E-state index in [2.05, 4.69) is 21.2 Å². The SMILES string of the molecule is O=C(COC(=O)c1ccccc1)NCc1cccc(Br)c1. The maximum atomic E-state index is 11.7. The van der Waals surface area contributed by atoms with Crippen molar-refractivity contribution in [1.82, 2.24) is 5.32 Å². The van der Waals surface area contributed by atoms with Crippen molar-refractivity contribution >= 4 is 27.8 Å². The lowest BCUT2D eigenvalue weighted by molar-refractivity contribution is -0.124. The van der Waals surface area contributed by atoms with Crippen LogP contribution in [0.2, 0.25) is 0 Å². The number of nitrogens with one attached hydrogen (secondary N) is 1.